The maximum absolute atomic E-state index is 15.1. The number of amides is 2. The minimum atomic E-state index is -1.48. The summed E-state index contributed by atoms with van der Waals surface area (Å²) in [7, 11) is 0. The van der Waals surface area contributed by atoms with Gasteiger partial charge in [-0.25, -0.2) is 4.79 Å². The van der Waals surface area contributed by atoms with Gasteiger partial charge in [-0.05, 0) is 41.9 Å². The molecule has 0 bridgehead atoms. The van der Waals surface area contributed by atoms with E-state index < -0.39 is 41.1 Å². The number of carbonyl (C=O) groups is 4. The normalized spacial score (nSPS) is 23.9. The highest BCUT2D eigenvalue weighted by Crippen LogP contribution is 2.42. The van der Waals surface area contributed by atoms with Gasteiger partial charge in [0.1, 0.15) is 17.2 Å². The third kappa shape index (κ3) is 8.58. The maximum Gasteiger partial charge on any atom is 0.407 e. The summed E-state index contributed by atoms with van der Waals surface area (Å²) in [6, 6.07) is 27.5. The number of ketones is 2. The van der Waals surface area contributed by atoms with Gasteiger partial charge in [0.05, 0.1) is 31.3 Å². The molecule has 0 radical (unpaired) electrons. The fraction of sp³-hybridized carbons (Fsp3) is 0.395. The van der Waals surface area contributed by atoms with E-state index in [1.807, 2.05) is 105 Å². The molecular formula is C43H50N4O7. The minimum absolute atomic E-state index is 0.0329. The van der Waals surface area contributed by atoms with Gasteiger partial charge in [0.25, 0.3) is 0 Å². The van der Waals surface area contributed by atoms with Crippen molar-refractivity contribution in [1.29, 1.82) is 0 Å². The number of ether oxygens (including phenoxy) is 2. The van der Waals surface area contributed by atoms with E-state index in [-0.39, 0.29) is 66.8 Å². The van der Waals surface area contributed by atoms with E-state index in [0.29, 0.717) is 19.6 Å². The molecule has 11 heteroatoms. The van der Waals surface area contributed by atoms with E-state index >= 15 is 4.79 Å². The largest absolute Gasteiger partial charge is 0.444 e. The van der Waals surface area contributed by atoms with E-state index in [1.54, 1.807) is 12.4 Å². The topological polar surface area (TPSA) is 169 Å². The van der Waals surface area contributed by atoms with Gasteiger partial charge in [0.2, 0.25) is 5.91 Å². The fourth-order valence-corrected chi connectivity index (χ4v) is 7.93. The number of nitrogens with two attached hydrogens (primary N) is 1. The number of benzene rings is 3. The highest BCUT2D eigenvalue weighted by molar-refractivity contribution is 6.19. The number of carbonyl (C=O) groups excluding carboxylic acids is 4. The summed E-state index contributed by atoms with van der Waals surface area (Å²) in [4.78, 5) is 55.9. The molecule has 0 saturated carbocycles. The third-order valence-corrected chi connectivity index (χ3v) is 10.6. The van der Waals surface area contributed by atoms with Crippen LogP contribution >= 0.6 is 0 Å². The molecule has 0 unspecified atom stereocenters. The van der Waals surface area contributed by atoms with E-state index in [1.165, 1.54) is 0 Å². The summed E-state index contributed by atoms with van der Waals surface area (Å²) in [5.74, 6) is -2.32. The quantitative estimate of drug-likeness (QED) is 0.146. The highest BCUT2D eigenvalue weighted by atomic mass is 16.6. The van der Waals surface area contributed by atoms with Gasteiger partial charge in [-0.3, -0.25) is 14.4 Å². The standard InChI is InChI=1S/C43H50N4O7/c1-28(2)22-43(38(49)34(25-46-43)33(40(44)51)20-29-12-6-3-7-13-29)35-26-45-42(39(35)50,23-31-16-10-5-11-17-31)24-37(48)36(21-30-14-8-4-9-15-30)47-41(52)54-32-18-19-53-27-32/h3-17,25-26,28,32-33,36-37,45-46,48H,18-24,27H2,1-2H3,(H2,44,51)(H,47,52)/t32-,33-,36+,37+,42+,43+/m1/s1. The lowest BCUT2D eigenvalue weighted by Gasteiger charge is -2.36. The maximum atomic E-state index is 15.1. The summed E-state index contributed by atoms with van der Waals surface area (Å²) < 4.78 is 11.0. The second-order valence-corrected chi connectivity index (χ2v) is 15.1. The van der Waals surface area contributed by atoms with Crippen LogP contribution < -0.4 is 21.7 Å². The van der Waals surface area contributed by atoms with Crippen molar-refractivity contribution in [2.75, 3.05) is 13.2 Å². The molecule has 0 spiro atoms. The van der Waals surface area contributed by atoms with Crippen LogP contribution in [0.25, 0.3) is 0 Å². The first kappa shape index (κ1) is 38.5. The van der Waals surface area contributed by atoms with Crippen LogP contribution in [0.2, 0.25) is 0 Å². The summed E-state index contributed by atoms with van der Waals surface area (Å²) in [5.41, 5.74) is 6.06. The van der Waals surface area contributed by atoms with Gasteiger partial charge >= 0.3 is 6.09 Å². The monoisotopic (exact) mass is 734 g/mol. The Hall–Kier alpha value is -5.26. The Bertz CT molecular complexity index is 1860. The summed E-state index contributed by atoms with van der Waals surface area (Å²) in [6.07, 6.45) is 2.29. The molecule has 3 aliphatic rings. The van der Waals surface area contributed by atoms with Crippen LogP contribution in [-0.2, 0) is 43.1 Å². The first-order chi connectivity index (χ1) is 26.0. The summed E-state index contributed by atoms with van der Waals surface area (Å²) in [5, 5.41) is 21.6. The van der Waals surface area contributed by atoms with Gasteiger partial charge in [-0.2, -0.15) is 0 Å². The predicted octanol–water partition coefficient (Wildman–Crippen LogP) is 4.09. The van der Waals surface area contributed by atoms with E-state index in [0.717, 1.165) is 16.7 Å². The van der Waals surface area contributed by atoms with Crippen LogP contribution in [0.5, 0.6) is 0 Å². The van der Waals surface area contributed by atoms with Crippen molar-refractivity contribution in [1.82, 2.24) is 16.0 Å². The van der Waals surface area contributed by atoms with Crippen LogP contribution in [0.3, 0.4) is 0 Å². The fourth-order valence-electron chi connectivity index (χ4n) is 7.93. The van der Waals surface area contributed by atoms with Gasteiger partial charge in [0.15, 0.2) is 11.6 Å². The predicted molar refractivity (Wildman–Crippen MR) is 204 cm³/mol. The van der Waals surface area contributed by atoms with Crippen molar-refractivity contribution in [3.63, 3.8) is 0 Å². The molecule has 0 aromatic heterocycles. The van der Waals surface area contributed by atoms with Gasteiger partial charge in [-0.15, -0.1) is 0 Å². The van der Waals surface area contributed by atoms with Gasteiger partial charge < -0.3 is 36.3 Å². The SMILES string of the molecule is CC(C)C[C@@]1(C2=CN[C@@](Cc3ccccc3)(C[C@H](O)[C@H](Cc3ccccc3)NC(=O)O[C@@H]3CCOC3)C2=O)NC=C([C@@H](Cc2ccccc2)C(N)=O)C1=O. The molecule has 1 fully saturated rings. The van der Waals surface area contributed by atoms with Crippen molar-refractivity contribution in [2.45, 2.75) is 81.7 Å². The number of aliphatic hydroxyl groups excluding tert-OH is 1. The first-order valence-electron chi connectivity index (χ1n) is 18.7. The Morgan fingerprint density at radius 2 is 1.48 bits per heavy atom. The number of Topliss-reactive ketones (excluding diaryl/α,β-unsaturated/α-hetero) is 2. The number of aliphatic hydroxyl groups is 1. The Morgan fingerprint density at radius 3 is 2.06 bits per heavy atom. The Morgan fingerprint density at radius 1 is 0.870 bits per heavy atom. The molecule has 54 heavy (non-hydrogen) atoms. The average molecular weight is 735 g/mol. The highest BCUT2D eigenvalue weighted by Gasteiger charge is 2.57. The lowest BCUT2D eigenvalue weighted by molar-refractivity contribution is -0.127. The van der Waals surface area contributed by atoms with E-state index in [9.17, 15) is 19.5 Å². The molecule has 3 aromatic rings. The van der Waals surface area contributed by atoms with Crippen LogP contribution in [0, 0.1) is 11.8 Å². The van der Waals surface area contributed by atoms with E-state index in [4.69, 9.17) is 15.2 Å². The van der Waals surface area contributed by atoms with Crippen LogP contribution in [0.1, 0.15) is 49.8 Å². The number of alkyl carbamates (subject to hydrolysis) is 1. The molecule has 3 aromatic carbocycles. The molecule has 2 amide bonds. The zero-order valence-corrected chi connectivity index (χ0v) is 30.8. The van der Waals surface area contributed by atoms with Crippen LogP contribution in [0.15, 0.2) is 115 Å². The Kier molecular flexibility index (Phi) is 12.0. The third-order valence-electron chi connectivity index (χ3n) is 10.6. The molecule has 11 nitrogen and oxygen atoms in total. The molecule has 3 aliphatic heterocycles. The molecule has 6 rings (SSSR count). The number of hydrogen-bond donors (Lipinski definition) is 5. The lowest BCUT2D eigenvalue weighted by atomic mass is 9.71. The number of nitrogens with one attached hydrogen (secondary N) is 3. The van der Waals surface area contributed by atoms with Crippen LogP contribution in [-0.4, -0.2) is 71.2 Å². The Labute approximate surface area is 316 Å². The molecular weight excluding hydrogens is 684 g/mol. The number of primary amides is 1. The van der Waals surface area contributed by atoms with Crippen molar-refractivity contribution in [3.8, 4) is 0 Å². The van der Waals surface area contributed by atoms with Crippen molar-refractivity contribution in [3.05, 3.63) is 131 Å². The van der Waals surface area contributed by atoms with Gasteiger partial charge in [0, 0.05) is 42.8 Å². The van der Waals surface area contributed by atoms with Gasteiger partial charge in [-0.1, -0.05) is 105 Å². The average Bonchev–Trinajstić information content (AvgIpc) is 3.86. The second-order valence-electron chi connectivity index (χ2n) is 15.1. The van der Waals surface area contributed by atoms with Crippen molar-refractivity contribution in [2.24, 2.45) is 17.6 Å². The second kappa shape index (κ2) is 16.8. The first-order valence-corrected chi connectivity index (χ1v) is 18.7. The molecule has 3 heterocycles. The zero-order chi connectivity index (χ0) is 38.3. The van der Waals surface area contributed by atoms with E-state index in [2.05, 4.69) is 16.0 Å². The van der Waals surface area contributed by atoms with Crippen molar-refractivity contribution < 1.29 is 33.8 Å². The molecule has 1 saturated heterocycles. The Balaban J connectivity index is 1.31. The zero-order valence-electron chi connectivity index (χ0n) is 30.8. The number of hydrogen-bond acceptors (Lipinski definition) is 9. The molecule has 6 atom stereocenters. The molecule has 6 N–H and O–H groups in total. The number of rotatable bonds is 16. The smallest absolute Gasteiger partial charge is 0.407 e. The summed E-state index contributed by atoms with van der Waals surface area (Å²) in [6.45, 7) is 4.74. The molecule has 0 aliphatic carbocycles. The lowest BCUT2D eigenvalue weighted by Crippen LogP contribution is -2.57. The minimum Gasteiger partial charge on any atom is -0.444 e. The molecule has 284 valence electrons. The van der Waals surface area contributed by atoms with Crippen LogP contribution in [0.4, 0.5) is 4.79 Å². The summed E-state index contributed by atoms with van der Waals surface area (Å²) >= 11 is 0. The van der Waals surface area contributed by atoms with Crippen molar-refractivity contribution >= 4 is 23.6 Å².